The van der Waals surface area contributed by atoms with Gasteiger partial charge in [0, 0.05) is 6.54 Å². The molecule has 0 aliphatic carbocycles. The van der Waals surface area contributed by atoms with Gasteiger partial charge in [-0.2, -0.15) is 0 Å². The van der Waals surface area contributed by atoms with Crippen LogP contribution < -0.4 is 10.6 Å². The van der Waals surface area contributed by atoms with Crippen molar-refractivity contribution in [3.8, 4) is 0 Å². The highest BCUT2D eigenvalue weighted by atomic mass is 35.5. The van der Waals surface area contributed by atoms with Gasteiger partial charge in [0.2, 0.25) is 5.91 Å². The Kier molecular flexibility index (Phi) is 7.14. The first kappa shape index (κ1) is 17.9. The Balaban J connectivity index is 0.00000220. The standard InChI is InChI=1S/C14H20N2O3S.ClH/c17-14(13-8-4-9-15-13)16-10-5-11-20(18,19)12-6-2-1-3-7-12;/h1-3,6-7,13,15H,4-5,8-11H2,(H,16,17);1H. The van der Waals surface area contributed by atoms with Crippen LogP contribution >= 0.6 is 12.4 Å². The van der Waals surface area contributed by atoms with Gasteiger partial charge >= 0.3 is 0 Å². The molecule has 1 heterocycles. The molecule has 1 fully saturated rings. The molecule has 2 rings (SSSR count). The molecule has 1 aromatic rings. The summed E-state index contributed by atoms with van der Waals surface area (Å²) in [6.45, 7) is 1.27. The molecule has 21 heavy (non-hydrogen) atoms. The molecule has 0 bridgehead atoms. The van der Waals surface area contributed by atoms with E-state index in [9.17, 15) is 13.2 Å². The predicted molar refractivity (Wildman–Crippen MR) is 84.4 cm³/mol. The Morgan fingerprint density at radius 2 is 2.00 bits per heavy atom. The van der Waals surface area contributed by atoms with Crippen LogP contribution in [-0.4, -0.2) is 39.2 Å². The molecule has 0 radical (unpaired) electrons. The lowest BCUT2D eigenvalue weighted by molar-refractivity contribution is -0.122. The number of sulfone groups is 1. The third-order valence-electron chi connectivity index (χ3n) is 3.37. The molecule has 118 valence electrons. The minimum Gasteiger partial charge on any atom is -0.355 e. The first-order chi connectivity index (χ1) is 9.59. The zero-order chi connectivity index (χ0) is 14.4. The van der Waals surface area contributed by atoms with Gasteiger partial charge in [-0.05, 0) is 37.9 Å². The van der Waals surface area contributed by atoms with Crippen molar-refractivity contribution < 1.29 is 13.2 Å². The number of carbonyl (C=O) groups excluding carboxylic acids is 1. The fourth-order valence-electron chi connectivity index (χ4n) is 2.25. The summed E-state index contributed by atoms with van der Waals surface area (Å²) in [6, 6.07) is 8.28. The van der Waals surface area contributed by atoms with Crippen molar-refractivity contribution in [2.45, 2.75) is 30.2 Å². The lowest BCUT2D eigenvalue weighted by Crippen LogP contribution is -2.41. The van der Waals surface area contributed by atoms with Crippen molar-refractivity contribution in [2.75, 3.05) is 18.8 Å². The number of carbonyl (C=O) groups is 1. The SMILES string of the molecule is Cl.O=C(NCCCS(=O)(=O)c1ccccc1)C1CCCN1. The number of halogens is 1. The van der Waals surface area contributed by atoms with Crippen LogP contribution in [0.4, 0.5) is 0 Å². The maximum Gasteiger partial charge on any atom is 0.237 e. The molecule has 7 heteroatoms. The van der Waals surface area contributed by atoms with Gasteiger partial charge < -0.3 is 10.6 Å². The summed E-state index contributed by atoms with van der Waals surface area (Å²) in [6.07, 6.45) is 2.30. The van der Waals surface area contributed by atoms with Gasteiger partial charge in [0.15, 0.2) is 9.84 Å². The second kappa shape index (κ2) is 8.36. The molecular weight excluding hydrogens is 312 g/mol. The van der Waals surface area contributed by atoms with Gasteiger partial charge in [-0.3, -0.25) is 4.79 Å². The molecule has 1 saturated heterocycles. The first-order valence-electron chi connectivity index (χ1n) is 6.88. The Bertz CT molecular complexity index is 543. The normalized spacial score (nSPS) is 18.0. The van der Waals surface area contributed by atoms with Crippen molar-refractivity contribution in [2.24, 2.45) is 0 Å². The predicted octanol–water partition coefficient (Wildman–Crippen LogP) is 1.14. The van der Waals surface area contributed by atoms with E-state index in [0.717, 1.165) is 19.4 Å². The van der Waals surface area contributed by atoms with Gasteiger partial charge in [-0.1, -0.05) is 18.2 Å². The molecule has 5 nitrogen and oxygen atoms in total. The zero-order valence-electron chi connectivity index (χ0n) is 11.7. The number of amides is 1. The first-order valence-corrected chi connectivity index (χ1v) is 8.54. The van der Waals surface area contributed by atoms with E-state index in [1.807, 2.05) is 0 Å². The molecule has 1 amide bonds. The van der Waals surface area contributed by atoms with Crippen molar-refractivity contribution in [1.82, 2.24) is 10.6 Å². The van der Waals surface area contributed by atoms with Crippen LogP contribution in [0.1, 0.15) is 19.3 Å². The van der Waals surface area contributed by atoms with Gasteiger partial charge in [0.05, 0.1) is 16.7 Å². The van der Waals surface area contributed by atoms with E-state index in [-0.39, 0.29) is 30.1 Å². The summed E-state index contributed by atoms with van der Waals surface area (Å²) in [7, 11) is -3.24. The average Bonchev–Trinajstić information content (AvgIpc) is 2.98. The highest BCUT2D eigenvalue weighted by molar-refractivity contribution is 7.91. The van der Waals surface area contributed by atoms with Crippen molar-refractivity contribution in [1.29, 1.82) is 0 Å². The average molecular weight is 333 g/mol. The van der Waals surface area contributed by atoms with E-state index >= 15 is 0 Å². The number of hydrogen-bond donors (Lipinski definition) is 2. The van der Waals surface area contributed by atoms with Crippen LogP contribution in [0.5, 0.6) is 0 Å². The zero-order valence-corrected chi connectivity index (χ0v) is 13.4. The molecule has 1 aliphatic heterocycles. The fraction of sp³-hybridized carbons (Fsp3) is 0.500. The van der Waals surface area contributed by atoms with Crippen molar-refractivity contribution in [3.05, 3.63) is 30.3 Å². The number of rotatable bonds is 6. The maximum atomic E-state index is 12.0. The van der Waals surface area contributed by atoms with E-state index in [4.69, 9.17) is 0 Å². The summed E-state index contributed by atoms with van der Waals surface area (Å²) in [4.78, 5) is 12.1. The van der Waals surface area contributed by atoms with E-state index in [1.54, 1.807) is 30.3 Å². The highest BCUT2D eigenvalue weighted by Crippen LogP contribution is 2.10. The van der Waals surface area contributed by atoms with Gasteiger partial charge in [0.25, 0.3) is 0 Å². The Labute approximate surface area is 131 Å². The Morgan fingerprint density at radius 1 is 1.29 bits per heavy atom. The quantitative estimate of drug-likeness (QED) is 0.766. The molecule has 1 aromatic carbocycles. The van der Waals surface area contributed by atoms with E-state index < -0.39 is 9.84 Å². The molecule has 1 unspecified atom stereocenters. The van der Waals surface area contributed by atoms with Crippen LogP contribution in [0.25, 0.3) is 0 Å². The fourth-order valence-corrected chi connectivity index (χ4v) is 3.58. The summed E-state index contributed by atoms with van der Waals surface area (Å²) in [5.74, 6) is 0.0228. The van der Waals surface area contributed by atoms with Crippen LogP contribution in [-0.2, 0) is 14.6 Å². The molecule has 1 atom stereocenters. The van der Waals surface area contributed by atoms with Crippen molar-refractivity contribution in [3.63, 3.8) is 0 Å². The van der Waals surface area contributed by atoms with E-state index in [2.05, 4.69) is 10.6 Å². The van der Waals surface area contributed by atoms with E-state index in [0.29, 0.717) is 17.9 Å². The number of hydrogen-bond acceptors (Lipinski definition) is 4. The van der Waals surface area contributed by atoms with Crippen LogP contribution in [0.3, 0.4) is 0 Å². The van der Waals surface area contributed by atoms with Gasteiger partial charge in [-0.25, -0.2) is 8.42 Å². The van der Waals surface area contributed by atoms with Gasteiger partial charge in [0.1, 0.15) is 0 Å². The van der Waals surface area contributed by atoms with Crippen LogP contribution in [0.2, 0.25) is 0 Å². The molecular formula is C14H21ClN2O3S. The molecule has 1 aliphatic rings. The molecule has 2 N–H and O–H groups in total. The van der Waals surface area contributed by atoms with Gasteiger partial charge in [-0.15, -0.1) is 12.4 Å². The molecule has 0 aromatic heterocycles. The lowest BCUT2D eigenvalue weighted by atomic mass is 10.2. The largest absolute Gasteiger partial charge is 0.355 e. The highest BCUT2D eigenvalue weighted by Gasteiger charge is 2.21. The lowest BCUT2D eigenvalue weighted by Gasteiger charge is -2.11. The molecule has 0 saturated carbocycles. The Hall–Kier alpha value is -1.11. The summed E-state index contributed by atoms with van der Waals surface area (Å²) in [5, 5.41) is 5.89. The summed E-state index contributed by atoms with van der Waals surface area (Å²) < 4.78 is 24.0. The maximum absolute atomic E-state index is 12.0. The van der Waals surface area contributed by atoms with Crippen LogP contribution in [0.15, 0.2) is 35.2 Å². The third-order valence-corrected chi connectivity index (χ3v) is 5.18. The summed E-state index contributed by atoms with van der Waals surface area (Å²) >= 11 is 0. The second-order valence-electron chi connectivity index (χ2n) is 4.93. The topological polar surface area (TPSA) is 75.3 Å². The van der Waals surface area contributed by atoms with E-state index in [1.165, 1.54) is 0 Å². The number of nitrogens with one attached hydrogen (secondary N) is 2. The monoisotopic (exact) mass is 332 g/mol. The summed E-state index contributed by atoms with van der Waals surface area (Å²) in [5.41, 5.74) is 0. The minimum absolute atomic E-state index is 0. The third kappa shape index (κ3) is 5.30. The smallest absolute Gasteiger partial charge is 0.237 e. The second-order valence-corrected chi connectivity index (χ2v) is 7.03. The van der Waals surface area contributed by atoms with Crippen molar-refractivity contribution >= 4 is 28.2 Å². The number of benzene rings is 1. The van der Waals surface area contributed by atoms with Crippen LogP contribution in [0, 0.1) is 0 Å². The Morgan fingerprint density at radius 3 is 2.62 bits per heavy atom. The minimum atomic E-state index is -3.24. The molecule has 0 spiro atoms.